The Morgan fingerprint density at radius 3 is 2.48 bits per heavy atom. The third kappa shape index (κ3) is 4.64. The first-order valence-electron chi connectivity index (χ1n) is 7.68. The van der Waals surface area contributed by atoms with E-state index in [0.29, 0.717) is 11.8 Å². The van der Waals surface area contributed by atoms with E-state index in [1.54, 1.807) is 13.4 Å². The van der Waals surface area contributed by atoms with Crippen molar-refractivity contribution in [3.05, 3.63) is 54.0 Å². The molecule has 2 rings (SSSR count). The van der Waals surface area contributed by atoms with Crippen LogP contribution in [0.1, 0.15) is 37.5 Å². The molecule has 0 fully saturated rings. The summed E-state index contributed by atoms with van der Waals surface area (Å²) in [5, 5.41) is 2.36. The molecule has 0 bridgehead atoms. The number of quaternary nitrogens is 1. The molecule has 2 N–H and O–H groups in total. The Morgan fingerprint density at radius 2 is 1.90 bits per heavy atom. The summed E-state index contributed by atoms with van der Waals surface area (Å²) in [5.74, 6) is 3.14. The SMILES string of the molecule is COc1ccc(C[NH2+]CC[C@@H](c2ccco2)C(C)C)cc1. The van der Waals surface area contributed by atoms with Crippen LogP contribution >= 0.6 is 0 Å². The van der Waals surface area contributed by atoms with Crippen LogP contribution in [-0.4, -0.2) is 13.7 Å². The van der Waals surface area contributed by atoms with Gasteiger partial charge >= 0.3 is 0 Å². The molecule has 0 spiro atoms. The summed E-state index contributed by atoms with van der Waals surface area (Å²) >= 11 is 0. The highest BCUT2D eigenvalue weighted by Gasteiger charge is 2.18. The van der Waals surface area contributed by atoms with Crippen LogP contribution in [0.15, 0.2) is 47.1 Å². The van der Waals surface area contributed by atoms with Crippen LogP contribution in [0.5, 0.6) is 5.75 Å². The summed E-state index contributed by atoms with van der Waals surface area (Å²) in [5.41, 5.74) is 1.33. The fraction of sp³-hybridized carbons (Fsp3) is 0.444. The quantitative estimate of drug-likeness (QED) is 0.758. The van der Waals surface area contributed by atoms with Crippen LogP contribution in [0, 0.1) is 5.92 Å². The third-order valence-electron chi connectivity index (χ3n) is 3.93. The fourth-order valence-corrected chi connectivity index (χ4v) is 2.63. The number of furan rings is 1. The average molecular weight is 288 g/mol. The zero-order chi connectivity index (χ0) is 15.1. The minimum Gasteiger partial charge on any atom is -0.497 e. The molecule has 0 amide bonds. The van der Waals surface area contributed by atoms with Gasteiger partial charge in [0.1, 0.15) is 18.1 Å². The molecule has 0 unspecified atom stereocenters. The predicted molar refractivity (Wildman–Crippen MR) is 84.4 cm³/mol. The molecule has 0 aliphatic carbocycles. The molecule has 0 aliphatic heterocycles. The second-order valence-electron chi connectivity index (χ2n) is 5.78. The van der Waals surface area contributed by atoms with Gasteiger partial charge in [-0.3, -0.25) is 0 Å². The second kappa shape index (κ2) is 7.89. The first-order valence-corrected chi connectivity index (χ1v) is 7.68. The number of ether oxygens (including phenoxy) is 1. The van der Waals surface area contributed by atoms with Crippen LogP contribution in [0.25, 0.3) is 0 Å². The zero-order valence-electron chi connectivity index (χ0n) is 13.2. The van der Waals surface area contributed by atoms with Crippen molar-refractivity contribution in [2.24, 2.45) is 5.92 Å². The Balaban J connectivity index is 1.77. The van der Waals surface area contributed by atoms with Gasteiger partial charge in [-0.25, -0.2) is 0 Å². The number of nitrogens with two attached hydrogens (primary N) is 1. The highest BCUT2D eigenvalue weighted by molar-refractivity contribution is 5.26. The summed E-state index contributed by atoms with van der Waals surface area (Å²) in [6, 6.07) is 12.4. The van der Waals surface area contributed by atoms with E-state index in [4.69, 9.17) is 9.15 Å². The third-order valence-corrected chi connectivity index (χ3v) is 3.93. The Morgan fingerprint density at radius 1 is 1.14 bits per heavy atom. The van der Waals surface area contributed by atoms with Gasteiger partial charge in [-0.15, -0.1) is 0 Å². The lowest BCUT2D eigenvalue weighted by Crippen LogP contribution is -2.82. The average Bonchev–Trinajstić information content (AvgIpc) is 3.01. The number of hydrogen-bond acceptors (Lipinski definition) is 2. The zero-order valence-corrected chi connectivity index (χ0v) is 13.2. The lowest BCUT2D eigenvalue weighted by molar-refractivity contribution is -0.671. The molecule has 1 atom stereocenters. The molecule has 114 valence electrons. The first kappa shape index (κ1) is 15.6. The van der Waals surface area contributed by atoms with Gasteiger partial charge < -0.3 is 14.5 Å². The molecule has 0 saturated carbocycles. The van der Waals surface area contributed by atoms with Crippen molar-refractivity contribution in [3.63, 3.8) is 0 Å². The van der Waals surface area contributed by atoms with Crippen molar-refractivity contribution in [1.82, 2.24) is 0 Å². The van der Waals surface area contributed by atoms with Gasteiger partial charge in [0.2, 0.25) is 0 Å². The number of hydrogen-bond donors (Lipinski definition) is 1. The van der Waals surface area contributed by atoms with E-state index in [9.17, 15) is 0 Å². The normalized spacial score (nSPS) is 12.6. The van der Waals surface area contributed by atoms with Crippen LogP contribution in [0.4, 0.5) is 0 Å². The van der Waals surface area contributed by atoms with Gasteiger partial charge in [-0.1, -0.05) is 13.8 Å². The molecular formula is C18H26NO2+. The molecule has 1 aromatic heterocycles. The minimum absolute atomic E-state index is 0.507. The van der Waals surface area contributed by atoms with Crippen molar-refractivity contribution in [2.45, 2.75) is 32.7 Å². The van der Waals surface area contributed by atoms with Gasteiger partial charge in [0.25, 0.3) is 0 Å². The summed E-state index contributed by atoms with van der Waals surface area (Å²) in [4.78, 5) is 0. The maximum Gasteiger partial charge on any atom is 0.118 e. The van der Waals surface area contributed by atoms with Gasteiger partial charge in [0, 0.05) is 17.9 Å². The molecule has 0 saturated heterocycles. The fourth-order valence-electron chi connectivity index (χ4n) is 2.63. The van der Waals surface area contributed by atoms with E-state index in [1.165, 1.54) is 5.56 Å². The summed E-state index contributed by atoms with van der Waals surface area (Å²) < 4.78 is 10.7. The van der Waals surface area contributed by atoms with Crippen LogP contribution < -0.4 is 10.1 Å². The van der Waals surface area contributed by atoms with E-state index in [1.807, 2.05) is 18.2 Å². The summed E-state index contributed by atoms with van der Waals surface area (Å²) in [6.45, 7) is 6.63. The van der Waals surface area contributed by atoms with Crippen LogP contribution in [0.3, 0.4) is 0 Å². The maximum absolute atomic E-state index is 5.57. The minimum atomic E-state index is 0.507. The van der Waals surface area contributed by atoms with Crippen molar-refractivity contribution in [2.75, 3.05) is 13.7 Å². The Bertz CT molecular complexity index is 503. The first-order chi connectivity index (χ1) is 10.2. The largest absolute Gasteiger partial charge is 0.497 e. The molecule has 1 heterocycles. The topological polar surface area (TPSA) is 39.0 Å². The van der Waals surface area contributed by atoms with Crippen molar-refractivity contribution < 1.29 is 14.5 Å². The summed E-state index contributed by atoms with van der Waals surface area (Å²) in [7, 11) is 1.70. The molecule has 2 aromatic rings. The van der Waals surface area contributed by atoms with Crippen molar-refractivity contribution in [1.29, 1.82) is 0 Å². The Kier molecular flexibility index (Phi) is 5.88. The molecule has 0 radical (unpaired) electrons. The number of rotatable bonds is 8. The Hall–Kier alpha value is -1.74. The molecule has 0 aliphatic rings. The number of benzene rings is 1. The maximum atomic E-state index is 5.57. The van der Waals surface area contributed by atoms with Crippen LogP contribution in [-0.2, 0) is 6.54 Å². The smallest absolute Gasteiger partial charge is 0.118 e. The molecule has 1 aromatic carbocycles. The standard InChI is InChI=1S/C18H25NO2/c1-14(2)17(18-5-4-12-21-18)10-11-19-13-15-6-8-16(20-3)9-7-15/h4-9,12,14,17,19H,10-11,13H2,1-3H3/p+1/t17-/m1/s1. The molecule has 3 nitrogen and oxygen atoms in total. The van der Waals surface area contributed by atoms with Gasteiger partial charge in [0.15, 0.2) is 0 Å². The molecule has 21 heavy (non-hydrogen) atoms. The van der Waals surface area contributed by atoms with Gasteiger partial charge in [-0.05, 0) is 42.3 Å². The van der Waals surface area contributed by atoms with Crippen molar-refractivity contribution in [3.8, 4) is 5.75 Å². The Labute approximate surface area is 127 Å². The molecule has 3 heteroatoms. The van der Waals surface area contributed by atoms with E-state index >= 15 is 0 Å². The van der Waals surface area contributed by atoms with E-state index in [-0.39, 0.29) is 0 Å². The van der Waals surface area contributed by atoms with Gasteiger partial charge in [0.05, 0.1) is 19.9 Å². The van der Waals surface area contributed by atoms with Gasteiger partial charge in [-0.2, -0.15) is 0 Å². The predicted octanol–water partition coefficient (Wildman–Crippen LogP) is 3.18. The second-order valence-corrected chi connectivity index (χ2v) is 5.78. The van der Waals surface area contributed by atoms with E-state index < -0.39 is 0 Å². The molecular weight excluding hydrogens is 262 g/mol. The highest BCUT2D eigenvalue weighted by atomic mass is 16.5. The van der Waals surface area contributed by atoms with E-state index in [2.05, 4.69) is 37.4 Å². The van der Waals surface area contributed by atoms with Crippen LogP contribution in [0.2, 0.25) is 0 Å². The van der Waals surface area contributed by atoms with Crippen molar-refractivity contribution >= 4 is 0 Å². The summed E-state index contributed by atoms with van der Waals surface area (Å²) in [6.07, 6.45) is 2.91. The lowest BCUT2D eigenvalue weighted by Gasteiger charge is -2.17. The lowest BCUT2D eigenvalue weighted by atomic mass is 9.90. The number of methoxy groups -OCH3 is 1. The van der Waals surface area contributed by atoms with E-state index in [0.717, 1.165) is 31.0 Å². The monoisotopic (exact) mass is 288 g/mol. The highest BCUT2D eigenvalue weighted by Crippen LogP contribution is 2.27.